The van der Waals surface area contributed by atoms with Gasteiger partial charge in [0.1, 0.15) is 0 Å². The van der Waals surface area contributed by atoms with Gasteiger partial charge in [0.25, 0.3) is 0 Å². The molecule has 184 valence electrons. The van der Waals surface area contributed by atoms with Crippen molar-refractivity contribution in [2.45, 2.75) is 99.2 Å². The molecule has 0 radical (unpaired) electrons. The summed E-state index contributed by atoms with van der Waals surface area (Å²) in [6.07, 6.45) is 3.84. The average molecular weight is 457 g/mol. The molecule has 0 unspecified atom stereocenters. The van der Waals surface area contributed by atoms with E-state index in [-0.39, 0.29) is 52.1 Å². The van der Waals surface area contributed by atoms with Gasteiger partial charge < -0.3 is 20.4 Å². The van der Waals surface area contributed by atoms with E-state index >= 15 is 0 Å². The van der Waals surface area contributed by atoms with Crippen LogP contribution in [0.3, 0.4) is 0 Å². The molecule has 8 N–H and O–H groups in total. The lowest BCUT2D eigenvalue weighted by Crippen LogP contribution is -2.41. The number of aliphatic hydroxyl groups excluding tert-OH is 4. The minimum Gasteiger partial charge on any atom is -0.396 e. The molecular weight excluding hydrogens is 416 g/mol. The first-order chi connectivity index (χ1) is 15.3. The Hall–Kier alpha value is -1.76. The molecule has 0 aromatic rings. The Kier molecular flexibility index (Phi) is 11.5. The predicted octanol–water partition coefficient (Wildman–Crippen LogP) is 3.73. The van der Waals surface area contributed by atoms with Gasteiger partial charge >= 0.3 is 0 Å². The predicted molar refractivity (Wildman–Crippen MR) is 115 cm³/mol. The second kappa shape index (κ2) is 13.1. The van der Waals surface area contributed by atoms with E-state index in [0.29, 0.717) is 51.4 Å². The zero-order valence-corrected chi connectivity index (χ0v) is 18.9. The van der Waals surface area contributed by atoms with Gasteiger partial charge in [-0.15, -0.1) is 0 Å². The van der Waals surface area contributed by atoms with E-state index < -0.39 is 22.2 Å². The molecule has 0 aromatic heterocycles. The van der Waals surface area contributed by atoms with Gasteiger partial charge in [-0.05, 0) is 77.0 Å². The molecule has 0 saturated heterocycles. The second-order valence-corrected chi connectivity index (χ2v) is 9.24. The molecule has 1 rings (SSSR count). The van der Waals surface area contributed by atoms with Crippen molar-refractivity contribution in [2.24, 2.45) is 20.5 Å². The van der Waals surface area contributed by atoms with Crippen LogP contribution in [-0.4, -0.2) is 69.0 Å². The van der Waals surface area contributed by atoms with Crippen LogP contribution in [0.25, 0.3) is 0 Å². The number of nitrogens with one attached hydrogen (secondary N) is 4. The van der Waals surface area contributed by atoms with Crippen LogP contribution in [0.15, 0.2) is 20.5 Å². The van der Waals surface area contributed by atoms with Crippen LogP contribution in [0, 0.1) is 22.1 Å². The highest BCUT2D eigenvalue weighted by atomic mass is 16.3. The molecule has 1 aliphatic rings. The topological polar surface area (TPSA) is 226 Å². The fourth-order valence-electron chi connectivity index (χ4n) is 4.86. The van der Waals surface area contributed by atoms with Crippen molar-refractivity contribution in [1.82, 2.24) is 0 Å². The highest BCUT2D eigenvalue weighted by molar-refractivity contribution is 5.01. The first-order valence-corrected chi connectivity index (χ1v) is 11.3. The summed E-state index contributed by atoms with van der Waals surface area (Å²) in [5.74, 6) is 0. The molecule has 0 amide bonds. The quantitative estimate of drug-likeness (QED) is 0.205. The number of nitrogens with zero attached hydrogens (tertiary/aromatic N) is 4. The van der Waals surface area contributed by atoms with Crippen molar-refractivity contribution in [3.63, 3.8) is 0 Å². The third kappa shape index (κ3) is 7.12. The van der Waals surface area contributed by atoms with E-state index in [1.54, 1.807) is 0 Å². The van der Waals surface area contributed by atoms with Crippen molar-refractivity contribution >= 4 is 0 Å². The van der Waals surface area contributed by atoms with E-state index in [9.17, 15) is 20.4 Å². The monoisotopic (exact) mass is 456 g/mol. The van der Waals surface area contributed by atoms with Gasteiger partial charge in [0.05, 0.1) is 22.2 Å². The molecule has 0 aromatic carbocycles. The molecule has 0 spiro atoms. The smallest absolute Gasteiger partial charge is 0.0837 e. The van der Waals surface area contributed by atoms with E-state index in [2.05, 4.69) is 20.5 Å². The lowest BCUT2D eigenvalue weighted by molar-refractivity contribution is 0.128. The summed E-state index contributed by atoms with van der Waals surface area (Å²) >= 11 is 0. The van der Waals surface area contributed by atoms with Crippen LogP contribution in [0.2, 0.25) is 0 Å². The minimum absolute atomic E-state index is 0.171. The van der Waals surface area contributed by atoms with Crippen molar-refractivity contribution < 1.29 is 20.4 Å². The Morgan fingerprint density at radius 3 is 0.656 bits per heavy atom. The molecule has 1 aliphatic carbocycles. The summed E-state index contributed by atoms with van der Waals surface area (Å²) in [4.78, 5) is 0. The number of aliphatic hydroxyl groups is 4. The third-order valence-electron chi connectivity index (χ3n) is 7.48. The zero-order valence-electron chi connectivity index (χ0n) is 18.9. The summed E-state index contributed by atoms with van der Waals surface area (Å²) in [5, 5.41) is 54.0. The molecule has 12 heteroatoms. The summed E-state index contributed by atoms with van der Waals surface area (Å²) in [5.41, 5.74) is 27.8. The second-order valence-electron chi connectivity index (χ2n) is 9.24. The summed E-state index contributed by atoms with van der Waals surface area (Å²) in [7, 11) is 0. The van der Waals surface area contributed by atoms with Crippen LogP contribution >= 0.6 is 0 Å². The van der Waals surface area contributed by atoms with Gasteiger partial charge in [-0.3, -0.25) is 0 Å². The SMILES string of the molecule is N=NC1(CCO)CCC(CCO)(N=N)CCC(CCO)(N=N)CCC(CCO)(N=N)CC1. The largest absolute Gasteiger partial charge is 0.396 e. The number of rotatable bonds is 12. The summed E-state index contributed by atoms with van der Waals surface area (Å²) in [6.45, 7) is -0.684. The fraction of sp³-hybridized carbons (Fsp3) is 1.00. The maximum atomic E-state index is 9.64. The molecule has 32 heavy (non-hydrogen) atoms. The number of hydrogen-bond donors (Lipinski definition) is 8. The van der Waals surface area contributed by atoms with Gasteiger partial charge in [-0.25, -0.2) is 22.1 Å². The Bertz CT molecular complexity index is 498. The van der Waals surface area contributed by atoms with Gasteiger partial charge in [0, 0.05) is 26.4 Å². The summed E-state index contributed by atoms with van der Waals surface area (Å²) in [6, 6.07) is 0. The van der Waals surface area contributed by atoms with Crippen LogP contribution in [-0.2, 0) is 0 Å². The Morgan fingerprint density at radius 1 is 0.406 bits per heavy atom. The Balaban J connectivity index is 3.46. The molecule has 12 nitrogen and oxygen atoms in total. The average Bonchev–Trinajstić information content (AvgIpc) is 2.81. The highest BCUT2D eigenvalue weighted by Crippen LogP contribution is 2.43. The van der Waals surface area contributed by atoms with Gasteiger partial charge in [-0.2, -0.15) is 20.5 Å². The van der Waals surface area contributed by atoms with E-state index in [4.69, 9.17) is 22.1 Å². The van der Waals surface area contributed by atoms with Gasteiger partial charge in [0.2, 0.25) is 0 Å². The maximum absolute atomic E-state index is 9.64. The molecule has 0 bridgehead atoms. The standard InChI is InChI=1S/C20H40N8O4/c21-25-17(9-13-29)1-2-18(26-22,10-14-30)5-6-20(28-24,12-16-32)8-7-19(27-23,4-3-17)11-15-31/h21-24,29-32H,1-16H2. The lowest BCUT2D eigenvalue weighted by atomic mass is 9.70. The molecule has 0 atom stereocenters. The maximum Gasteiger partial charge on any atom is 0.0837 e. The van der Waals surface area contributed by atoms with E-state index in [1.807, 2.05) is 0 Å². The third-order valence-corrected chi connectivity index (χ3v) is 7.48. The van der Waals surface area contributed by atoms with Crippen LogP contribution < -0.4 is 0 Å². The molecular formula is C20H40N8O4. The minimum atomic E-state index is -0.910. The Labute approximate surface area is 189 Å². The normalized spacial score (nSPS) is 34.6. The van der Waals surface area contributed by atoms with Crippen molar-refractivity contribution in [3.8, 4) is 0 Å². The lowest BCUT2D eigenvalue weighted by Gasteiger charge is -2.40. The molecule has 1 fully saturated rings. The zero-order chi connectivity index (χ0) is 24.1. The van der Waals surface area contributed by atoms with Crippen molar-refractivity contribution in [2.75, 3.05) is 26.4 Å². The van der Waals surface area contributed by atoms with E-state index in [0.717, 1.165) is 0 Å². The van der Waals surface area contributed by atoms with E-state index in [1.165, 1.54) is 0 Å². The van der Waals surface area contributed by atoms with Crippen molar-refractivity contribution in [3.05, 3.63) is 0 Å². The Morgan fingerprint density at radius 2 is 0.562 bits per heavy atom. The molecule has 0 heterocycles. The fourth-order valence-corrected chi connectivity index (χ4v) is 4.86. The first-order valence-electron chi connectivity index (χ1n) is 11.3. The van der Waals surface area contributed by atoms with Gasteiger partial charge in [-0.1, -0.05) is 0 Å². The number of hydrogen-bond acceptors (Lipinski definition) is 12. The summed E-state index contributed by atoms with van der Waals surface area (Å²) < 4.78 is 0. The van der Waals surface area contributed by atoms with Crippen LogP contribution in [0.1, 0.15) is 77.0 Å². The van der Waals surface area contributed by atoms with Gasteiger partial charge in [0.15, 0.2) is 0 Å². The molecule has 1 saturated carbocycles. The highest BCUT2D eigenvalue weighted by Gasteiger charge is 2.43. The van der Waals surface area contributed by atoms with Crippen LogP contribution in [0.4, 0.5) is 0 Å². The first kappa shape index (κ1) is 28.3. The molecule has 0 aliphatic heterocycles. The van der Waals surface area contributed by atoms with Crippen molar-refractivity contribution in [1.29, 1.82) is 22.1 Å². The van der Waals surface area contributed by atoms with Crippen LogP contribution in [0.5, 0.6) is 0 Å².